The molecule has 0 aliphatic rings. The van der Waals surface area contributed by atoms with Gasteiger partial charge in [0.25, 0.3) is 0 Å². The normalized spacial score (nSPS) is 10.5. The van der Waals surface area contributed by atoms with Crippen LogP contribution in [-0.2, 0) is 16.0 Å². The van der Waals surface area contributed by atoms with Crippen molar-refractivity contribution in [3.63, 3.8) is 0 Å². The third-order valence-electron chi connectivity index (χ3n) is 3.70. The molecular weight excluding hydrogens is 334 g/mol. The Morgan fingerprint density at radius 1 is 1.04 bits per heavy atom. The summed E-state index contributed by atoms with van der Waals surface area (Å²) in [6.07, 6.45) is 3.46. The summed E-state index contributed by atoms with van der Waals surface area (Å²) in [6.45, 7) is 0. The van der Waals surface area contributed by atoms with Crippen molar-refractivity contribution >= 4 is 23.6 Å². The Bertz CT molecular complexity index is 796. The number of methoxy groups -OCH3 is 2. The van der Waals surface area contributed by atoms with Crippen LogP contribution in [0.2, 0.25) is 0 Å². The number of carboxylic acids is 1. The Kier molecular flexibility index (Phi) is 6.79. The van der Waals surface area contributed by atoms with E-state index in [0.29, 0.717) is 30.0 Å². The van der Waals surface area contributed by atoms with E-state index in [0.717, 1.165) is 17.2 Å². The molecule has 2 aromatic rings. The number of benzene rings is 2. The van der Waals surface area contributed by atoms with Crippen molar-refractivity contribution in [2.45, 2.75) is 12.8 Å². The Morgan fingerprint density at radius 3 is 2.35 bits per heavy atom. The summed E-state index contributed by atoms with van der Waals surface area (Å²) in [7, 11) is 3.15. The number of hydrogen-bond acceptors (Lipinski definition) is 4. The largest absolute Gasteiger partial charge is 0.493 e. The maximum atomic E-state index is 12.1. The summed E-state index contributed by atoms with van der Waals surface area (Å²) in [4.78, 5) is 22.6. The fraction of sp³-hybridized carbons (Fsp3) is 0.200. The van der Waals surface area contributed by atoms with Crippen molar-refractivity contribution in [2.75, 3.05) is 19.5 Å². The van der Waals surface area contributed by atoms with Crippen LogP contribution >= 0.6 is 0 Å². The Balaban J connectivity index is 1.89. The van der Waals surface area contributed by atoms with Crippen molar-refractivity contribution in [1.82, 2.24) is 0 Å². The second-order valence-corrected chi connectivity index (χ2v) is 5.53. The first-order chi connectivity index (χ1) is 12.5. The molecule has 6 heteroatoms. The summed E-state index contributed by atoms with van der Waals surface area (Å²) < 4.78 is 10.5. The third kappa shape index (κ3) is 5.66. The molecule has 6 nitrogen and oxygen atoms in total. The van der Waals surface area contributed by atoms with Crippen LogP contribution in [0.15, 0.2) is 48.5 Å². The zero-order chi connectivity index (χ0) is 18.9. The van der Waals surface area contributed by atoms with Crippen molar-refractivity contribution in [3.8, 4) is 11.5 Å². The molecular formula is C20H21NO5. The number of carboxylic acid groups (broad SMARTS) is 1. The highest BCUT2D eigenvalue weighted by molar-refractivity contribution is 5.91. The number of rotatable bonds is 8. The van der Waals surface area contributed by atoms with Crippen LogP contribution < -0.4 is 14.8 Å². The lowest BCUT2D eigenvalue weighted by atomic mass is 10.1. The number of nitrogens with one attached hydrogen (secondary N) is 1. The summed E-state index contributed by atoms with van der Waals surface area (Å²) in [6, 6.07) is 12.5. The molecule has 0 saturated heterocycles. The van der Waals surface area contributed by atoms with E-state index in [-0.39, 0.29) is 5.91 Å². The molecule has 0 saturated carbocycles. The van der Waals surface area contributed by atoms with Gasteiger partial charge in [-0.05, 0) is 47.9 Å². The average molecular weight is 355 g/mol. The van der Waals surface area contributed by atoms with Gasteiger partial charge in [-0.25, -0.2) is 4.79 Å². The monoisotopic (exact) mass is 355 g/mol. The van der Waals surface area contributed by atoms with E-state index in [1.165, 1.54) is 6.08 Å². The molecule has 0 aliphatic heterocycles. The predicted octanol–water partition coefficient (Wildman–Crippen LogP) is 3.37. The van der Waals surface area contributed by atoms with Crippen molar-refractivity contribution in [1.29, 1.82) is 0 Å². The fourth-order valence-corrected chi connectivity index (χ4v) is 2.36. The van der Waals surface area contributed by atoms with Gasteiger partial charge in [0, 0.05) is 18.2 Å². The lowest BCUT2D eigenvalue weighted by Crippen LogP contribution is -2.12. The topological polar surface area (TPSA) is 84.9 Å². The lowest BCUT2D eigenvalue weighted by Gasteiger charge is -2.10. The van der Waals surface area contributed by atoms with Crippen LogP contribution in [-0.4, -0.2) is 31.2 Å². The lowest BCUT2D eigenvalue weighted by molar-refractivity contribution is -0.131. The van der Waals surface area contributed by atoms with E-state index in [1.807, 2.05) is 18.2 Å². The van der Waals surface area contributed by atoms with Gasteiger partial charge in [0.2, 0.25) is 5.91 Å². The van der Waals surface area contributed by atoms with Gasteiger partial charge in [0.05, 0.1) is 14.2 Å². The highest BCUT2D eigenvalue weighted by Gasteiger charge is 2.07. The zero-order valence-corrected chi connectivity index (χ0v) is 14.7. The second-order valence-electron chi connectivity index (χ2n) is 5.53. The summed E-state index contributed by atoms with van der Waals surface area (Å²) >= 11 is 0. The number of aryl methyl sites for hydroxylation is 1. The minimum atomic E-state index is -1.00. The first-order valence-corrected chi connectivity index (χ1v) is 8.03. The number of hydrogen-bond donors (Lipinski definition) is 2. The molecule has 26 heavy (non-hydrogen) atoms. The molecule has 2 N–H and O–H groups in total. The molecule has 0 heterocycles. The molecule has 1 amide bonds. The van der Waals surface area contributed by atoms with Gasteiger partial charge in [-0.15, -0.1) is 0 Å². The maximum Gasteiger partial charge on any atom is 0.328 e. The Morgan fingerprint density at radius 2 is 1.73 bits per heavy atom. The molecule has 136 valence electrons. The van der Waals surface area contributed by atoms with Crippen LogP contribution in [0, 0.1) is 0 Å². The minimum absolute atomic E-state index is 0.103. The average Bonchev–Trinajstić information content (AvgIpc) is 2.65. The number of amides is 1. The van der Waals surface area contributed by atoms with Crippen LogP contribution in [0.4, 0.5) is 5.69 Å². The standard InChI is InChI=1S/C20H21NO5/c1-25-17-10-5-15(13-18(17)26-2)6-11-19(22)21-16-8-3-14(4-9-16)7-12-20(23)24/h3-5,7-10,12-13H,6,11H2,1-2H3,(H,21,22)(H,23,24). The highest BCUT2D eigenvalue weighted by Crippen LogP contribution is 2.28. The van der Waals surface area contributed by atoms with Gasteiger partial charge in [-0.3, -0.25) is 4.79 Å². The molecule has 0 aromatic heterocycles. The SMILES string of the molecule is COc1ccc(CCC(=O)Nc2ccc(C=CC(=O)O)cc2)cc1OC. The number of aliphatic carboxylic acids is 1. The van der Waals surface area contributed by atoms with Gasteiger partial charge >= 0.3 is 5.97 Å². The molecule has 0 spiro atoms. The number of carbonyl (C=O) groups excluding carboxylic acids is 1. The fourth-order valence-electron chi connectivity index (χ4n) is 2.36. The second kappa shape index (κ2) is 9.27. The summed E-state index contributed by atoms with van der Waals surface area (Å²) in [5.74, 6) is 0.180. The Labute approximate surface area is 152 Å². The molecule has 0 radical (unpaired) electrons. The maximum absolute atomic E-state index is 12.1. The minimum Gasteiger partial charge on any atom is -0.493 e. The molecule has 0 atom stereocenters. The first kappa shape index (κ1) is 19.1. The van der Waals surface area contributed by atoms with Gasteiger partial charge in [0.15, 0.2) is 11.5 Å². The van der Waals surface area contributed by atoms with Crippen LogP contribution in [0.3, 0.4) is 0 Å². The van der Waals surface area contributed by atoms with Crippen molar-refractivity contribution in [2.24, 2.45) is 0 Å². The molecule has 0 unspecified atom stereocenters. The van der Waals surface area contributed by atoms with Gasteiger partial charge in [-0.2, -0.15) is 0 Å². The van der Waals surface area contributed by atoms with Gasteiger partial charge < -0.3 is 19.9 Å². The van der Waals surface area contributed by atoms with E-state index in [2.05, 4.69) is 5.32 Å². The smallest absolute Gasteiger partial charge is 0.328 e. The highest BCUT2D eigenvalue weighted by atomic mass is 16.5. The van der Waals surface area contributed by atoms with E-state index in [4.69, 9.17) is 14.6 Å². The predicted molar refractivity (Wildman–Crippen MR) is 99.6 cm³/mol. The Hall–Kier alpha value is -3.28. The van der Waals surface area contributed by atoms with E-state index >= 15 is 0 Å². The third-order valence-corrected chi connectivity index (χ3v) is 3.70. The number of ether oxygens (including phenoxy) is 2. The first-order valence-electron chi connectivity index (χ1n) is 8.03. The van der Waals surface area contributed by atoms with E-state index in [9.17, 15) is 9.59 Å². The van der Waals surface area contributed by atoms with Crippen LogP contribution in [0.25, 0.3) is 6.08 Å². The van der Waals surface area contributed by atoms with Gasteiger partial charge in [0.1, 0.15) is 0 Å². The molecule has 0 bridgehead atoms. The van der Waals surface area contributed by atoms with Crippen LogP contribution in [0.1, 0.15) is 17.5 Å². The molecule has 2 rings (SSSR count). The summed E-state index contributed by atoms with van der Waals surface area (Å²) in [5.41, 5.74) is 2.39. The quantitative estimate of drug-likeness (QED) is 0.709. The van der Waals surface area contributed by atoms with Crippen LogP contribution in [0.5, 0.6) is 11.5 Å². The van der Waals surface area contributed by atoms with Crippen molar-refractivity contribution in [3.05, 3.63) is 59.7 Å². The van der Waals surface area contributed by atoms with E-state index < -0.39 is 5.97 Å². The number of carbonyl (C=O) groups is 2. The number of anilines is 1. The zero-order valence-electron chi connectivity index (χ0n) is 14.7. The molecule has 0 fully saturated rings. The van der Waals surface area contributed by atoms with Gasteiger partial charge in [-0.1, -0.05) is 18.2 Å². The van der Waals surface area contributed by atoms with E-state index in [1.54, 1.807) is 38.5 Å². The van der Waals surface area contributed by atoms with Crippen molar-refractivity contribution < 1.29 is 24.2 Å². The summed E-state index contributed by atoms with van der Waals surface area (Å²) in [5, 5.41) is 11.4. The molecule has 0 aliphatic carbocycles. The molecule has 2 aromatic carbocycles.